The van der Waals surface area contributed by atoms with E-state index in [1.165, 1.54) is 12.8 Å². The second-order valence-electron chi connectivity index (χ2n) is 5.53. The van der Waals surface area contributed by atoms with E-state index in [0.29, 0.717) is 12.0 Å². The number of anilines is 1. The molecule has 0 bridgehead atoms. The highest BCUT2D eigenvalue weighted by atomic mass is 79.9. The Morgan fingerprint density at radius 2 is 2.17 bits per heavy atom. The van der Waals surface area contributed by atoms with Crippen LogP contribution in [0.4, 0.5) is 5.95 Å². The van der Waals surface area contributed by atoms with E-state index >= 15 is 0 Å². The molecule has 1 aromatic heterocycles. The molecule has 3 rings (SSSR count). The summed E-state index contributed by atoms with van der Waals surface area (Å²) in [6.07, 6.45) is 5.96. The molecule has 0 unspecified atom stereocenters. The molecule has 0 amide bonds. The predicted molar refractivity (Wildman–Crippen MR) is 73.6 cm³/mol. The van der Waals surface area contributed by atoms with Crippen molar-refractivity contribution < 1.29 is 4.74 Å². The Morgan fingerprint density at radius 1 is 1.44 bits per heavy atom. The van der Waals surface area contributed by atoms with Crippen molar-refractivity contribution in [1.82, 2.24) is 9.97 Å². The van der Waals surface area contributed by atoms with Crippen LogP contribution in [-0.4, -0.2) is 34.8 Å². The van der Waals surface area contributed by atoms with Gasteiger partial charge in [-0.15, -0.1) is 0 Å². The maximum Gasteiger partial charge on any atom is 0.225 e. The fourth-order valence-corrected chi connectivity index (χ4v) is 3.55. The molecule has 0 radical (unpaired) electrons. The van der Waals surface area contributed by atoms with Crippen molar-refractivity contribution in [3.63, 3.8) is 0 Å². The molecule has 2 fully saturated rings. The van der Waals surface area contributed by atoms with E-state index in [4.69, 9.17) is 4.74 Å². The van der Waals surface area contributed by atoms with Gasteiger partial charge in [0.15, 0.2) is 0 Å². The lowest BCUT2D eigenvalue weighted by atomic mass is 9.75. The molecule has 1 spiro atoms. The molecule has 3 heterocycles. The summed E-state index contributed by atoms with van der Waals surface area (Å²) in [6.45, 7) is 6.33. The van der Waals surface area contributed by atoms with E-state index < -0.39 is 0 Å². The summed E-state index contributed by atoms with van der Waals surface area (Å²) in [7, 11) is 0. The lowest BCUT2D eigenvalue weighted by Crippen LogP contribution is -2.72. The van der Waals surface area contributed by atoms with Crippen molar-refractivity contribution >= 4 is 21.9 Å². The van der Waals surface area contributed by atoms with Crippen molar-refractivity contribution in [3.05, 3.63) is 16.9 Å². The zero-order valence-electron chi connectivity index (χ0n) is 10.8. The molecular formula is C13H18BrN3O. The van der Waals surface area contributed by atoms with Gasteiger partial charge >= 0.3 is 0 Å². The number of halogens is 1. The minimum Gasteiger partial charge on any atom is -0.371 e. The molecule has 98 valence electrons. The minimum absolute atomic E-state index is 0.0601. The van der Waals surface area contributed by atoms with Gasteiger partial charge in [0.05, 0.1) is 17.1 Å². The van der Waals surface area contributed by atoms with Crippen LogP contribution < -0.4 is 4.90 Å². The second-order valence-corrected chi connectivity index (χ2v) is 6.45. The summed E-state index contributed by atoms with van der Waals surface area (Å²) < 4.78 is 6.94. The average Bonchev–Trinajstić information content (AvgIpc) is 2.77. The van der Waals surface area contributed by atoms with Crippen LogP contribution in [0.15, 0.2) is 16.9 Å². The third kappa shape index (κ3) is 1.84. The Balaban J connectivity index is 1.84. The van der Waals surface area contributed by atoms with Gasteiger partial charge in [-0.2, -0.15) is 0 Å². The highest BCUT2D eigenvalue weighted by molar-refractivity contribution is 9.10. The summed E-state index contributed by atoms with van der Waals surface area (Å²) in [6, 6.07) is 0.404. The van der Waals surface area contributed by atoms with Crippen LogP contribution in [0.25, 0.3) is 0 Å². The molecule has 0 saturated carbocycles. The molecule has 18 heavy (non-hydrogen) atoms. The van der Waals surface area contributed by atoms with Gasteiger partial charge in [-0.05, 0) is 34.7 Å². The van der Waals surface area contributed by atoms with Crippen LogP contribution in [-0.2, 0) is 4.74 Å². The second kappa shape index (κ2) is 4.46. The smallest absolute Gasteiger partial charge is 0.225 e. The van der Waals surface area contributed by atoms with Crippen LogP contribution in [0.5, 0.6) is 0 Å². The third-order valence-corrected chi connectivity index (χ3v) is 4.35. The van der Waals surface area contributed by atoms with Crippen LogP contribution >= 0.6 is 15.9 Å². The van der Waals surface area contributed by atoms with Crippen LogP contribution in [0.2, 0.25) is 0 Å². The summed E-state index contributed by atoms with van der Waals surface area (Å²) in [5, 5.41) is 0. The average molecular weight is 312 g/mol. The highest BCUT2D eigenvalue weighted by Gasteiger charge is 2.57. The molecule has 2 atom stereocenters. The number of nitrogens with zero attached hydrogens (tertiary/aromatic N) is 3. The first-order valence-corrected chi connectivity index (χ1v) is 7.30. The van der Waals surface area contributed by atoms with E-state index in [-0.39, 0.29) is 5.60 Å². The van der Waals surface area contributed by atoms with E-state index in [0.717, 1.165) is 23.6 Å². The normalized spacial score (nSPS) is 31.1. The number of hydrogen-bond donors (Lipinski definition) is 0. The lowest BCUT2D eigenvalue weighted by molar-refractivity contribution is -0.0693. The maximum atomic E-state index is 6.02. The van der Waals surface area contributed by atoms with Crippen LogP contribution in [0, 0.1) is 5.92 Å². The fraction of sp³-hybridized carbons (Fsp3) is 0.692. The molecule has 0 aliphatic carbocycles. The Hall–Kier alpha value is -0.680. The molecule has 2 aliphatic heterocycles. The van der Waals surface area contributed by atoms with Crippen molar-refractivity contribution in [3.8, 4) is 0 Å². The van der Waals surface area contributed by atoms with Crippen LogP contribution in [0.3, 0.4) is 0 Å². The Kier molecular flexibility index (Phi) is 3.06. The van der Waals surface area contributed by atoms with Gasteiger partial charge in [0.1, 0.15) is 5.60 Å². The number of rotatable bonds is 2. The first-order chi connectivity index (χ1) is 8.62. The first kappa shape index (κ1) is 12.4. The summed E-state index contributed by atoms with van der Waals surface area (Å²) in [5.41, 5.74) is 0.0601. The molecule has 2 aliphatic rings. The van der Waals surface area contributed by atoms with E-state index in [2.05, 4.69) is 44.6 Å². The van der Waals surface area contributed by atoms with Crippen molar-refractivity contribution in [1.29, 1.82) is 0 Å². The SMILES string of the molecule is CC(C)[C@H]1N(c2ncc(Br)cn2)C[C@]12CCCO2. The zero-order chi connectivity index (χ0) is 12.8. The lowest BCUT2D eigenvalue weighted by Gasteiger charge is -2.56. The largest absolute Gasteiger partial charge is 0.371 e. The quantitative estimate of drug-likeness (QED) is 0.841. The molecule has 2 saturated heterocycles. The van der Waals surface area contributed by atoms with Crippen molar-refractivity contribution in [2.24, 2.45) is 5.92 Å². The van der Waals surface area contributed by atoms with E-state index in [9.17, 15) is 0 Å². The standard InChI is InChI=1S/C13H18BrN3O/c1-9(2)11-13(4-3-5-18-13)8-17(11)12-15-6-10(14)7-16-12/h6-7,9,11H,3-5,8H2,1-2H3/t11-,13-/m1/s1. The summed E-state index contributed by atoms with van der Waals surface area (Å²) >= 11 is 3.37. The number of aromatic nitrogens is 2. The van der Waals surface area contributed by atoms with Crippen LogP contribution in [0.1, 0.15) is 26.7 Å². The van der Waals surface area contributed by atoms with Gasteiger partial charge in [0, 0.05) is 19.0 Å². The van der Waals surface area contributed by atoms with Gasteiger partial charge in [0.25, 0.3) is 0 Å². The summed E-state index contributed by atoms with van der Waals surface area (Å²) in [4.78, 5) is 11.1. The molecule has 5 heteroatoms. The number of ether oxygens (including phenoxy) is 1. The zero-order valence-corrected chi connectivity index (χ0v) is 12.4. The Labute approximate surface area is 116 Å². The Bertz CT molecular complexity index is 428. The highest BCUT2D eigenvalue weighted by Crippen LogP contribution is 2.45. The monoisotopic (exact) mass is 311 g/mol. The predicted octanol–water partition coefficient (Wildman–Crippen LogP) is 2.63. The van der Waals surface area contributed by atoms with E-state index in [1.54, 1.807) is 12.4 Å². The Morgan fingerprint density at radius 3 is 2.72 bits per heavy atom. The molecule has 0 aromatic carbocycles. The van der Waals surface area contributed by atoms with Crippen molar-refractivity contribution in [2.45, 2.75) is 38.3 Å². The van der Waals surface area contributed by atoms with Gasteiger partial charge in [-0.25, -0.2) is 9.97 Å². The molecule has 4 nitrogen and oxygen atoms in total. The number of hydrogen-bond acceptors (Lipinski definition) is 4. The molecule has 0 N–H and O–H groups in total. The topological polar surface area (TPSA) is 38.2 Å². The third-order valence-electron chi connectivity index (χ3n) is 3.94. The van der Waals surface area contributed by atoms with Gasteiger partial charge in [-0.1, -0.05) is 13.8 Å². The minimum atomic E-state index is 0.0601. The fourth-order valence-electron chi connectivity index (χ4n) is 3.35. The first-order valence-electron chi connectivity index (χ1n) is 6.50. The maximum absolute atomic E-state index is 6.02. The van der Waals surface area contributed by atoms with Gasteiger partial charge in [0.2, 0.25) is 5.95 Å². The summed E-state index contributed by atoms with van der Waals surface area (Å²) in [5.74, 6) is 1.36. The van der Waals surface area contributed by atoms with E-state index in [1.807, 2.05) is 0 Å². The van der Waals surface area contributed by atoms with Gasteiger partial charge < -0.3 is 9.64 Å². The van der Waals surface area contributed by atoms with Crippen molar-refractivity contribution in [2.75, 3.05) is 18.1 Å². The molecular weight excluding hydrogens is 294 g/mol. The molecule has 1 aromatic rings. The van der Waals surface area contributed by atoms with Gasteiger partial charge in [-0.3, -0.25) is 0 Å².